The maximum Gasteiger partial charge on any atom is 0.323 e. The average Bonchev–Trinajstić information content (AvgIpc) is 2.10. The first-order chi connectivity index (χ1) is 6.83. The van der Waals surface area contributed by atoms with Crippen LogP contribution in [0.4, 0.5) is 5.69 Å². The molecular weight excluding hydrogens is 196 g/mol. The standard InChI is InChI=1S/C10H14N2O3/c1-10(12,9(14)15)5-6-2-3-7(11)8(13)4-6/h2-4,13H,5,11-12H2,1H3,(H,14,15)/t10-/m1/s1. The summed E-state index contributed by atoms with van der Waals surface area (Å²) in [6.07, 6.45) is 0.135. The predicted octanol–water partition coefficient (Wildman–Crippen LogP) is 0.319. The summed E-state index contributed by atoms with van der Waals surface area (Å²) in [6.45, 7) is 1.42. The van der Waals surface area contributed by atoms with E-state index in [0.717, 1.165) is 0 Å². The lowest BCUT2D eigenvalue weighted by atomic mass is 9.94. The molecule has 0 heterocycles. The second-order valence-corrected chi connectivity index (χ2v) is 3.79. The molecule has 5 nitrogen and oxygen atoms in total. The number of rotatable bonds is 3. The van der Waals surface area contributed by atoms with Crippen molar-refractivity contribution in [1.29, 1.82) is 0 Å². The molecule has 1 aromatic rings. The van der Waals surface area contributed by atoms with E-state index < -0.39 is 11.5 Å². The Morgan fingerprint density at radius 2 is 2.13 bits per heavy atom. The molecule has 0 spiro atoms. The number of aliphatic carboxylic acids is 1. The van der Waals surface area contributed by atoms with Gasteiger partial charge in [0.25, 0.3) is 0 Å². The highest BCUT2D eigenvalue weighted by Gasteiger charge is 2.28. The number of carbonyl (C=O) groups is 1. The Kier molecular flexibility index (Phi) is 2.85. The largest absolute Gasteiger partial charge is 0.506 e. The van der Waals surface area contributed by atoms with Gasteiger partial charge in [0.2, 0.25) is 0 Å². The molecule has 15 heavy (non-hydrogen) atoms. The Hall–Kier alpha value is -1.75. The third-order valence-electron chi connectivity index (χ3n) is 2.15. The molecule has 1 rings (SSSR count). The minimum absolute atomic E-state index is 0.0614. The third-order valence-corrected chi connectivity index (χ3v) is 2.15. The Morgan fingerprint density at radius 1 is 1.53 bits per heavy atom. The van der Waals surface area contributed by atoms with Crippen LogP contribution in [-0.4, -0.2) is 21.7 Å². The molecule has 0 radical (unpaired) electrons. The fraction of sp³-hybridized carbons (Fsp3) is 0.300. The van der Waals surface area contributed by atoms with Crippen LogP contribution in [0.3, 0.4) is 0 Å². The average molecular weight is 210 g/mol. The number of phenols is 1. The molecule has 1 atom stereocenters. The summed E-state index contributed by atoms with van der Waals surface area (Å²) in [5.74, 6) is -1.15. The van der Waals surface area contributed by atoms with E-state index in [-0.39, 0.29) is 17.9 Å². The summed E-state index contributed by atoms with van der Waals surface area (Å²) in [5, 5.41) is 18.1. The number of anilines is 1. The second-order valence-electron chi connectivity index (χ2n) is 3.79. The first-order valence-electron chi connectivity index (χ1n) is 4.42. The highest BCUT2D eigenvalue weighted by Crippen LogP contribution is 2.22. The van der Waals surface area contributed by atoms with Crippen LogP contribution in [0.25, 0.3) is 0 Å². The van der Waals surface area contributed by atoms with Gasteiger partial charge in [-0.05, 0) is 24.6 Å². The van der Waals surface area contributed by atoms with Gasteiger partial charge in [0.15, 0.2) is 0 Å². The highest BCUT2D eigenvalue weighted by atomic mass is 16.4. The van der Waals surface area contributed by atoms with Crippen molar-refractivity contribution < 1.29 is 15.0 Å². The lowest BCUT2D eigenvalue weighted by Crippen LogP contribution is -2.46. The van der Waals surface area contributed by atoms with Crippen LogP contribution in [0.5, 0.6) is 5.75 Å². The van der Waals surface area contributed by atoms with Crippen LogP contribution in [0, 0.1) is 0 Å². The molecule has 6 N–H and O–H groups in total. The molecule has 0 aliphatic carbocycles. The number of nitrogens with two attached hydrogens (primary N) is 2. The number of nitrogen functional groups attached to an aromatic ring is 1. The zero-order chi connectivity index (χ0) is 11.6. The molecule has 0 unspecified atom stereocenters. The van der Waals surface area contributed by atoms with Gasteiger partial charge in [0.1, 0.15) is 11.3 Å². The number of phenolic OH excluding ortho intramolecular Hbond substituents is 1. The van der Waals surface area contributed by atoms with Gasteiger partial charge in [-0.2, -0.15) is 0 Å². The lowest BCUT2D eigenvalue weighted by molar-refractivity contribution is -0.142. The van der Waals surface area contributed by atoms with Crippen LogP contribution in [-0.2, 0) is 11.2 Å². The van der Waals surface area contributed by atoms with Gasteiger partial charge < -0.3 is 21.7 Å². The van der Waals surface area contributed by atoms with E-state index >= 15 is 0 Å². The van der Waals surface area contributed by atoms with Crippen LogP contribution < -0.4 is 11.5 Å². The maximum absolute atomic E-state index is 10.8. The number of carboxylic acids is 1. The van der Waals surface area contributed by atoms with E-state index in [1.165, 1.54) is 19.1 Å². The molecule has 0 amide bonds. The lowest BCUT2D eigenvalue weighted by Gasteiger charge is -2.19. The van der Waals surface area contributed by atoms with E-state index in [9.17, 15) is 9.90 Å². The van der Waals surface area contributed by atoms with Gasteiger partial charge in [-0.3, -0.25) is 4.79 Å². The SMILES string of the molecule is C[C@@](N)(Cc1ccc(N)c(O)c1)C(=O)O. The summed E-state index contributed by atoms with van der Waals surface area (Å²) < 4.78 is 0. The van der Waals surface area contributed by atoms with E-state index in [0.29, 0.717) is 5.56 Å². The smallest absolute Gasteiger partial charge is 0.323 e. The highest BCUT2D eigenvalue weighted by molar-refractivity contribution is 5.78. The number of carboxylic acid groups (broad SMARTS) is 1. The van der Waals surface area contributed by atoms with Crippen molar-refractivity contribution in [3.05, 3.63) is 23.8 Å². The zero-order valence-corrected chi connectivity index (χ0v) is 8.40. The minimum Gasteiger partial charge on any atom is -0.506 e. The molecular formula is C10H14N2O3. The van der Waals surface area contributed by atoms with Crippen LogP contribution in [0.2, 0.25) is 0 Å². The maximum atomic E-state index is 10.8. The number of hydrogen-bond donors (Lipinski definition) is 4. The van der Waals surface area contributed by atoms with Crippen molar-refractivity contribution in [2.75, 3.05) is 5.73 Å². The van der Waals surface area contributed by atoms with Gasteiger partial charge >= 0.3 is 5.97 Å². The number of hydrogen-bond acceptors (Lipinski definition) is 4. The predicted molar refractivity (Wildman–Crippen MR) is 56.5 cm³/mol. The van der Waals surface area contributed by atoms with Gasteiger partial charge in [-0.25, -0.2) is 0 Å². The summed E-state index contributed by atoms with van der Waals surface area (Å²) >= 11 is 0. The van der Waals surface area contributed by atoms with E-state index in [2.05, 4.69) is 0 Å². The van der Waals surface area contributed by atoms with Gasteiger partial charge in [0.05, 0.1) is 5.69 Å². The summed E-state index contributed by atoms with van der Waals surface area (Å²) in [4.78, 5) is 10.8. The monoisotopic (exact) mass is 210 g/mol. The molecule has 0 aliphatic rings. The first kappa shape index (κ1) is 11.3. The summed E-state index contributed by atoms with van der Waals surface area (Å²) in [5.41, 5.74) is 10.5. The van der Waals surface area contributed by atoms with Crippen molar-refractivity contribution in [2.45, 2.75) is 18.9 Å². The Balaban J connectivity index is 2.91. The molecule has 1 aromatic carbocycles. The number of benzene rings is 1. The van der Waals surface area contributed by atoms with Crippen molar-refractivity contribution in [2.24, 2.45) is 5.73 Å². The summed E-state index contributed by atoms with van der Waals surface area (Å²) in [7, 11) is 0. The normalized spacial score (nSPS) is 14.5. The van der Waals surface area contributed by atoms with Crippen molar-refractivity contribution in [3.63, 3.8) is 0 Å². The topological polar surface area (TPSA) is 110 Å². The molecule has 0 aromatic heterocycles. The van der Waals surface area contributed by atoms with Crippen molar-refractivity contribution in [3.8, 4) is 5.75 Å². The summed E-state index contributed by atoms with van der Waals surface area (Å²) in [6, 6.07) is 4.58. The molecule has 0 saturated heterocycles. The minimum atomic E-state index is -1.34. The fourth-order valence-electron chi connectivity index (χ4n) is 1.20. The molecule has 0 saturated carbocycles. The van der Waals surface area contributed by atoms with Crippen molar-refractivity contribution >= 4 is 11.7 Å². The van der Waals surface area contributed by atoms with E-state index in [4.69, 9.17) is 16.6 Å². The zero-order valence-electron chi connectivity index (χ0n) is 8.40. The molecule has 0 fully saturated rings. The van der Waals surface area contributed by atoms with E-state index in [1.54, 1.807) is 6.07 Å². The van der Waals surface area contributed by atoms with Gasteiger partial charge in [-0.15, -0.1) is 0 Å². The quantitative estimate of drug-likeness (QED) is 0.424. The Bertz CT molecular complexity index is 388. The van der Waals surface area contributed by atoms with Gasteiger partial charge in [0, 0.05) is 6.42 Å². The molecule has 0 aliphatic heterocycles. The van der Waals surface area contributed by atoms with Gasteiger partial charge in [-0.1, -0.05) is 6.07 Å². The van der Waals surface area contributed by atoms with Crippen LogP contribution >= 0.6 is 0 Å². The van der Waals surface area contributed by atoms with Crippen LogP contribution in [0.15, 0.2) is 18.2 Å². The fourth-order valence-corrected chi connectivity index (χ4v) is 1.20. The molecule has 5 heteroatoms. The molecule has 82 valence electrons. The van der Waals surface area contributed by atoms with Crippen molar-refractivity contribution in [1.82, 2.24) is 0 Å². The third kappa shape index (κ3) is 2.60. The molecule has 0 bridgehead atoms. The Morgan fingerprint density at radius 3 is 2.60 bits per heavy atom. The first-order valence-corrected chi connectivity index (χ1v) is 4.42. The van der Waals surface area contributed by atoms with Crippen LogP contribution in [0.1, 0.15) is 12.5 Å². The number of aromatic hydroxyl groups is 1. The second kappa shape index (κ2) is 3.78. The van der Waals surface area contributed by atoms with E-state index in [1.807, 2.05) is 0 Å². The Labute approximate surface area is 87.3 Å².